The molecule has 82 valence electrons. The Bertz CT molecular complexity index is 243. The number of carbonyl (C=O) groups excluding carboxylic acids is 1. The second kappa shape index (κ2) is 3.12. The summed E-state index contributed by atoms with van der Waals surface area (Å²) in [7, 11) is 1.61. The molecule has 1 unspecified atom stereocenters. The van der Waals surface area contributed by atoms with Crippen LogP contribution in [0, 0.1) is 0 Å². The molecule has 1 N–H and O–H groups in total. The molecule has 1 atom stereocenters. The molecule has 0 aromatic heterocycles. The van der Waals surface area contributed by atoms with Crippen molar-refractivity contribution in [2.24, 2.45) is 0 Å². The van der Waals surface area contributed by atoms with Crippen LogP contribution in [-0.2, 0) is 4.74 Å². The van der Waals surface area contributed by atoms with E-state index in [1.807, 2.05) is 39.5 Å². The van der Waals surface area contributed by atoms with Gasteiger partial charge in [-0.1, -0.05) is 0 Å². The lowest BCUT2D eigenvalue weighted by molar-refractivity contribution is -0.0128. The van der Waals surface area contributed by atoms with Crippen LogP contribution in [0.25, 0.3) is 0 Å². The number of carbonyl (C=O) groups is 1. The fraction of sp³-hybridized carbons (Fsp3) is 0.900. The molecular formula is C10H20N2O2. The number of nitrogens with zero attached hydrogens (tertiary/aromatic N) is 1. The molecule has 1 aliphatic heterocycles. The SMILES string of the molecule is COC1NC(=O)N(C(C)(C)C)C1(C)C. The van der Waals surface area contributed by atoms with Gasteiger partial charge in [-0.3, -0.25) is 0 Å². The number of nitrogens with one attached hydrogen (secondary N) is 1. The predicted molar refractivity (Wildman–Crippen MR) is 55.0 cm³/mol. The fourth-order valence-corrected chi connectivity index (χ4v) is 2.25. The molecule has 4 heteroatoms. The topological polar surface area (TPSA) is 41.6 Å². The number of rotatable bonds is 1. The number of hydrogen-bond donors (Lipinski definition) is 1. The molecule has 0 bridgehead atoms. The van der Waals surface area contributed by atoms with Gasteiger partial charge in [0.2, 0.25) is 0 Å². The first-order valence-electron chi connectivity index (χ1n) is 4.85. The van der Waals surface area contributed by atoms with Gasteiger partial charge >= 0.3 is 6.03 Å². The molecule has 0 saturated carbocycles. The van der Waals surface area contributed by atoms with Crippen molar-refractivity contribution in [3.05, 3.63) is 0 Å². The van der Waals surface area contributed by atoms with Crippen LogP contribution in [0.1, 0.15) is 34.6 Å². The highest BCUT2D eigenvalue weighted by Crippen LogP contribution is 2.32. The number of ether oxygens (including phenoxy) is 1. The van der Waals surface area contributed by atoms with Gasteiger partial charge in [0.05, 0.1) is 5.54 Å². The van der Waals surface area contributed by atoms with E-state index in [-0.39, 0.29) is 23.3 Å². The summed E-state index contributed by atoms with van der Waals surface area (Å²) < 4.78 is 5.25. The first-order chi connectivity index (χ1) is 6.21. The van der Waals surface area contributed by atoms with E-state index in [4.69, 9.17) is 4.74 Å². The van der Waals surface area contributed by atoms with Crippen molar-refractivity contribution in [2.45, 2.75) is 51.9 Å². The van der Waals surface area contributed by atoms with Crippen LogP contribution < -0.4 is 5.32 Å². The Kier molecular flexibility index (Phi) is 2.52. The molecule has 1 aliphatic rings. The minimum absolute atomic E-state index is 0.0608. The van der Waals surface area contributed by atoms with E-state index in [0.717, 1.165) is 0 Å². The molecule has 0 aromatic rings. The molecular weight excluding hydrogens is 180 g/mol. The van der Waals surface area contributed by atoms with E-state index in [9.17, 15) is 4.79 Å². The first kappa shape index (κ1) is 11.3. The Morgan fingerprint density at radius 3 is 2.14 bits per heavy atom. The molecule has 0 aliphatic carbocycles. The molecule has 1 heterocycles. The van der Waals surface area contributed by atoms with E-state index in [1.54, 1.807) is 7.11 Å². The zero-order chi connectivity index (χ0) is 11.1. The molecule has 1 saturated heterocycles. The molecule has 1 fully saturated rings. The summed E-state index contributed by atoms with van der Waals surface area (Å²) in [5, 5.41) is 2.82. The lowest BCUT2D eigenvalue weighted by Gasteiger charge is -2.42. The maximum absolute atomic E-state index is 11.7. The van der Waals surface area contributed by atoms with Crippen LogP contribution in [0.3, 0.4) is 0 Å². The van der Waals surface area contributed by atoms with Gasteiger partial charge < -0.3 is 15.0 Å². The van der Waals surface area contributed by atoms with Crippen LogP contribution in [0.15, 0.2) is 0 Å². The van der Waals surface area contributed by atoms with Crippen LogP contribution in [-0.4, -0.2) is 35.3 Å². The Hall–Kier alpha value is -0.770. The van der Waals surface area contributed by atoms with Gasteiger partial charge in [0.25, 0.3) is 0 Å². The minimum Gasteiger partial charge on any atom is -0.359 e. The highest BCUT2D eigenvalue weighted by Gasteiger charge is 2.50. The van der Waals surface area contributed by atoms with Gasteiger partial charge in [-0.2, -0.15) is 0 Å². The average molecular weight is 200 g/mol. The minimum atomic E-state index is -0.315. The van der Waals surface area contributed by atoms with Crippen LogP contribution in [0.5, 0.6) is 0 Å². The van der Waals surface area contributed by atoms with Gasteiger partial charge in [-0.15, -0.1) is 0 Å². The first-order valence-corrected chi connectivity index (χ1v) is 4.85. The number of urea groups is 1. The predicted octanol–water partition coefficient (Wildman–Crippen LogP) is 1.56. The second-order valence-corrected chi connectivity index (χ2v) is 5.23. The van der Waals surface area contributed by atoms with Crippen molar-refractivity contribution in [2.75, 3.05) is 7.11 Å². The third kappa shape index (κ3) is 1.59. The highest BCUT2D eigenvalue weighted by molar-refractivity contribution is 5.79. The smallest absolute Gasteiger partial charge is 0.320 e. The summed E-state index contributed by atoms with van der Waals surface area (Å²) in [5.74, 6) is 0. The van der Waals surface area contributed by atoms with Crippen molar-refractivity contribution >= 4 is 6.03 Å². The van der Waals surface area contributed by atoms with Gasteiger partial charge in [0, 0.05) is 12.6 Å². The van der Waals surface area contributed by atoms with Crippen molar-refractivity contribution in [3.63, 3.8) is 0 Å². The lowest BCUT2D eigenvalue weighted by atomic mass is 9.95. The maximum Gasteiger partial charge on any atom is 0.320 e. The zero-order valence-electron chi connectivity index (χ0n) is 9.84. The second-order valence-electron chi connectivity index (χ2n) is 5.23. The molecule has 0 aromatic carbocycles. The number of methoxy groups -OCH3 is 1. The van der Waals surface area contributed by atoms with Gasteiger partial charge in [0.15, 0.2) is 6.23 Å². The quantitative estimate of drug-likeness (QED) is 0.698. The van der Waals surface area contributed by atoms with Gasteiger partial charge in [-0.25, -0.2) is 4.79 Å². The average Bonchev–Trinajstić information content (AvgIpc) is 2.18. The normalized spacial score (nSPS) is 26.6. The third-order valence-electron chi connectivity index (χ3n) is 2.58. The molecule has 4 nitrogen and oxygen atoms in total. The van der Waals surface area contributed by atoms with Crippen molar-refractivity contribution in [1.82, 2.24) is 10.2 Å². The Morgan fingerprint density at radius 2 is 1.93 bits per heavy atom. The van der Waals surface area contributed by atoms with E-state index in [2.05, 4.69) is 5.32 Å². The van der Waals surface area contributed by atoms with Crippen LogP contribution >= 0.6 is 0 Å². The van der Waals surface area contributed by atoms with Crippen LogP contribution in [0.4, 0.5) is 4.79 Å². The largest absolute Gasteiger partial charge is 0.359 e. The van der Waals surface area contributed by atoms with Crippen molar-refractivity contribution in [1.29, 1.82) is 0 Å². The number of amides is 2. The van der Waals surface area contributed by atoms with Gasteiger partial charge in [0.1, 0.15) is 0 Å². The molecule has 14 heavy (non-hydrogen) atoms. The van der Waals surface area contributed by atoms with E-state index in [1.165, 1.54) is 0 Å². The standard InChI is InChI=1S/C10H20N2O2/c1-9(2,3)12-8(13)11-7(14-6)10(12,4)5/h7H,1-6H3,(H,11,13). The lowest BCUT2D eigenvalue weighted by Crippen LogP contribution is -2.55. The van der Waals surface area contributed by atoms with Crippen molar-refractivity contribution < 1.29 is 9.53 Å². The van der Waals surface area contributed by atoms with Gasteiger partial charge in [-0.05, 0) is 34.6 Å². The van der Waals surface area contributed by atoms with E-state index in [0.29, 0.717) is 0 Å². The maximum atomic E-state index is 11.7. The number of hydrogen-bond acceptors (Lipinski definition) is 2. The third-order valence-corrected chi connectivity index (χ3v) is 2.58. The monoisotopic (exact) mass is 200 g/mol. The van der Waals surface area contributed by atoms with Crippen molar-refractivity contribution in [3.8, 4) is 0 Å². The Labute approximate surface area is 85.6 Å². The molecule has 2 amide bonds. The zero-order valence-corrected chi connectivity index (χ0v) is 9.84. The Balaban J connectivity index is 3.02. The summed E-state index contributed by atoms with van der Waals surface area (Å²) in [5.41, 5.74) is -0.509. The molecule has 1 rings (SSSR count). The summed E-state index contributed by atoms with van der Waals surface area (Å²) >= 11 is 0. The summed E-state index contributed by atoms with van der Waals surface area (Å²) in [6, 6.07) is -0.0608. The van der Waals surface area contributed by atoms with E-state index >= 15 is 0 Å². The summed E-state index contributed by atoms with van der Waals surface area (Å²) in [4.78, 5) is 13.6. The van der Waals surface area contributed by atoms with E-state index < -0.39 is 0 Å². The molecule has 0 radical (unpaired) electrons. The molecule has 0 spiro atoms. The highest BCUT2D eigenvalue weighted by atomic mass is 16.5. The Morgan fingerprint density at radius 1 is 1.43 bits per heavy atom. The van der Waals surface area contributed by atoms with Crippen LogP contribution in [0.2, 0.25) is 0 Å². The summed E-state index contributed by atoms with van der Waals surface area (Å²) in [6.45, 7) is 10.1. The fourth-order valence-electron chi connectivity index (χ4n) is 2.25. The summed E-state index contributed by atoms with van der Waals surface area (Å²) in [6.07, 6.45) is -0.241.